The van der Waals surface area contributed by atoms with E-state index in [9.17, 15) is 0 Å². The molecular weight excluding hydrogens is 260 g/mol. The number of nitrogens with zero attached hydrogens (tertiary/aromatic N) is 1. The number of hydrogen-bond donors (Lipinski definition) is 1. The number of aromatic nitrogens is 1. The summed E-state index contributed by atoms with van der Waals surface area (Å²) in [6.45, 7) is 4.88. The summed E-state index contributed by atoms with van der Waals surface area (Å²) in [6, 6.07) is 8.53. The quantitative estimate of drug-likeness (QED) is 0.928. The zero-order chi connectivity index (χ0) is 14.8. The molecule has 0 fully saturated rings. The molecule has 3 rings (SSSR count). The normalized spacial score (nSPS) is 13.3. The minimum atomic E-state index is 0.722. The second-order valence-corrected chi connectivity index (χ2v) is 5.78. The maximum Gasteiger partial charge on any atom is 0.224 e. The third kappa shape index (κ3) is 2.93. The maximum atomic E-state index is 6.10. The largest absolute Gasteiger partial charge is 0.439 e. The minimum Gasteiger partial charge on any atom is -0.439 e. The van der Waals surface area contributed by atoms with Crippen LogP contribution in [-0.4, -0.2) is 12.0 Å². The average molecular weight is 282 g/mol. The molecule has 1 aliphatic carbocycles. The zero-order valence-corrected chi connectivity index (χ0v) is 13.0. The molecule has 0 bridgehead atoms. The highest BCUT2D eigenvalue weighted by atomic mass is 16.5. The van der Waals surface area contributed by atoms with Crippen molar-refractivity contribution in [3.63, 3.8) is 0 Å². The van der Waals surface area contributed by atoms with Crippen LogP contribution < -0.4 is 10.1 Å². The van der Waals surface area contributed by atoms with E-state index in [0.717, 1.165) is 35.9 Å². The Kier molecular flexibility index (Phi) is 3.93. The Labute approximate surface area is 126 Å². The topological polar surface area (TPSA) is 34.2 Å². The van der Waals surface area contributed by atoms with Crippen molar-refractivity contribution in [3.05, 3.63) is 52.2 Å². The van der Waals surface area contributed by atoms with Gasteiger partial charge in [0.1, 0.15) is 5.75 Å². The molecular formula is C18H22N2O. The van der Waals surface area contributed by atoms with E-state index < -0.39 is 0 Å². The molecule has 1 aromatic carbocycles. The Balaban J connectivity index is 1.93. The fraction of sp³-hybridized carbons (Fsp3) is 0.389. The van der Waals surface area contributed by atoms with Gasteiger partial charge in [-0.25, -0.2) is 4.98 Å². The lowest BCUT2D eigenvalue weighted by molar-refractivity contribution is 0.451. The van der Waals surface area contributed by atoms with Crippen LogP contribution in [-0.2, 0) is 19.4 Å². The summed E-state index contributed by atoms with van der Waals surface area (Å²) < 4.78 is 6.10. The van der Waals surface area contributed by atoms with Gasteiger partial charge in [-0.15, -0.1) is 0 Å². The summed E-state index contributed by atoms with van der Waals surface area (Å²) in [4.78, 5) is 4.58. The van der Waals surface area contributed by atoms with E-state index in [4.69, 9.17) is 4.74 Å². The van der Waals surface area contributed by atoms with Crippen molar-refractivity contribution in [1.29, 1.82) is 0 Å². The van der Waals surface area contributed by atoms with E-state index in [2.05, 4.69) is 41.5 Å². The summed E-state index contributed by atoms with van der Waals surface area (Å²) >= 11 is 0. The molecule has 3 heteroatoms. The lowest BCUT2D eigenvalue weighted by Crippen LogP contribution is -2.09. The van der Waals surface area contributed by atoms with Gasteiger partial charge in [0.2, 0.25) is 5.88 Å². The van der Waals surface area contributed by atoms with Gasteiger partial charge in [-0.05, 0) is 75.0 Å². The average Bonchev–Trinajstić information content (AvgIpc) is 2.90. The fourth-order valence-corrected chi connectivity index (χ4v) is 3.03. The first-order chi connectivity index (χ1) is 10.2. The summed E-state index contributed by atoms with van der Waals surface area (Å²) in [5, 5.41) is 3.19. The maximum absolute atomic E-state index is 6.10. The zero-order valence-electron chi connectivity index (χ0n) is 13.0. The smallest absolute Gasteiger partial charge is 0.224 e. The molecule has 0 atom stereocenters. The van der Waals surface area contributed by atoms with E-state index in [0.29, 0.717) is 0 Å². The monoisotopic (exact) mass is 282 g/mol. The van der Waals surface area contributed by atoms with Crippen molar-refractivity contribution < 1.29 is 4.74 Å². The van der Waals surface area contributed by atoms with Gasteiger partial charge in [0.25, 0.3) is 0 Å². The molecule has 1 aliphatic rings. The lowest BCUT2D eigenvalue weighted by Gasteiger charge is -2.14. The van der Waals surface area contributed by atoms with E-state index in [1.54, 1.807) is 0 Å². The van der Waals surface area contributed by atoms with Crippen molar-refractivity contribution in [2.24, 2.45) is 0 Å². The molecule has 110 valence electrons. The van der Waals surface area contributed by atoms with Crippen molar-refractivity contribution in [3.8, 4) is 11.6 Å². The highest BCUT2D eigenvalue weighted by Gasteiger charge is 2.14. The number of hydrogen-bond acceptors (Lipinski definition) is 3. The number of fused-ring (bicyclic) bond motifs is 1. The molecule has 0 unspecified atom stereocenters. The standard InChI is InChI=1S/C18H22N2O/c1-12-9-13(2)20-18(17(12)11-19-3)21-16-8-7-14-5-4-6-15(14)10-16/h7-10,19H,4-6,11H2,1-3H3. The molecule has 3 nitrogen and oxygen atoms in total. The van der Waals surface area contributed by atoms with Gasteiger partial charge >= 0.3 is 0 Å². The van der Waals surface area contributed by atoms with Crippen LogP contribution in [0.3, 0.4) is 0 Å². The molecule has 0 saturated heterocycles. The van der Waals surface area contributed by atoms with Crippen molar-refractivity contribution in [2.75, 3.05) is 7.05 Å². The van der Waals surface area contributed by atoms with Gasteiger partial charge in [-0.3, -0.25) is 0 Å². The number of nitrogens with one attached hydrogen (secondary N) is 1. The summed E-state index contributed by atoms with van der Waals surface area (Å²) in [6.07, 6.45) is 3.62. The molecule has 0 radical (unpaired) electrons. The Hall–Kier alpha value is -1.87. The van der Waals surface area contributed by atoms with Crippen molar-refractivity contribution in [2.45, 2.75) is 39.7 Å². The highest BCUT2D eigenvalue weighted by molar-refractivity contribution is 5.42. The van der Waals surface area contributed by atoms with E-state index >= 15 is 0 Å². The number of pyridine rings is 1. The third-order valence-electron chi connectivity index (χ3n) is 4.08. The van der Waals surface area contributed by atoms with E-state index in [-0.39, 0.29) is 0 Å². The number of rotatable bonds is 4. The van der Waals surface area contributed by atoms with Gasteiger partial charge in [0, 0.05) is 17.8 Å². The first kappa shape index (κ1) is 14.1. The predicted molar refractivity (Wildman–Crippen MR) is 85.0 cm³/mol. The van der Waals surface area contributed by atoms with Crippen LogP contribution >= 0.6 is 0 Å². The fourth-order valence-electron chi connectivity index (χ4n) is 3.03. The molecule has 1 aromatic heterocycles. The Morgan fingerprint density at radius 1 is 1.14 bits per heavy atom. The Bertz CT molecular complexity index is 665. The van der Waals surface area contributed by atoms with Gasteiger partial charge in [-0.2, -0.15) is 0 Å². The Morgan fingerprint density at radius 3 is 2.76 bits per heavy atom. The van der Waals surface area contributed by atoms with Crippen LogP contribution in [0.4, 0.5) is 0 Å². The van der Waals surface area contributed by atoms with Gasteiger partial charge in [-0.1, -0.05) is 6.07 Å². The summed E-state index contributed by atoms with van der Waals surface area (Å²) in [7, 11) is 1.94. The molecule has 1 heterocycles. The first-order valence-corrected chi connectivity index (χ1v) is 7.59. The lowest BCUT2D eigenvalue weighted by atomic mass is 10.1. The SMILES string of the molecule is CNCc1c(C)cc(C)nc1Oc1ccc2c(c1)CCC2. The van der Waals surface area contributed by atoms with Gasteiger partial charge < -0.3 is 10.1 Å². The van der Waals surface area contributed by atoms with Crippen LogP contribution in [0.2, 0.25) is 0 Å². The molecule has 2 aromatic rings. The van der Waals surface area contributed by atoms with E-state index in [1.807, 2.05) is 14.0 Å². The second-order valence-electron chi connectivity index (χ2n) is 5.78. The molecule has 1 N–H and O–H groups in total. The Morgan fingerprint density at radius 2 is 1.95 bits per heavy atom. The predicted octanol–water partition coefficient (Wildman–Crippen LogP) is 3.70. The van der Waals surface area contributed by atoms with Gasteiger partial charge in [0.15, 0.2) is 0 Å². The molecule has 0 spiro atoms. The number of benzene rings is 1. The highest BCUT2D eigenvalue weighted by Crippen LogP contribution is 2.30. The summed E-state index contributed by atoms with van der Waals surface area (Å²) in [5.41, 5.74) is 6.22. The third-order valence-corrected chi connectivity index (χ3v) is 4.08. The molecule has 0 amide bonds. The van der Waals surface area contributed by atoms with Crippen molar-refractivity contribution in [1.82, 2.24) is 10.3 Å². The molecule has 0 saturated carbocycles. The van der Waals surface area contributed by atoms with Crippen LogP contribution in [0, 0.1) is 13.8 Å². The van der Waals surface area contributed by atoms with Gasteiger partial charge in [0.05, 0.1) is 0 Å². The van der Waals surface area contributed by atoms with Crippen molar-refractivity contribution >= 4 is 0 Å². The van der Waals surface area contributed by atoms with Crippen LogP contribution in [0.1, 0.15) is 34.4 Å². The number of aryl methyl sites for hydroxylation is 4. The first-order valence-electron chi connectivity index (χ1n) is 7.59. The second kappa shape index (κ2) is 5.86. The van der Waals surface area contributed by atoms with Crippen LogP contribution in [0.5, 0.6) is 11.6 Å². The summed E-state index contributed by atoms with van der Waals surface area (Å²) in [5.74, 6) is 1.62. The minimum absolute atomic E-state index is 0.722. The van der Waals surface area contributed by atoms with Crippen LogP contribution in [0.25, 0.3) is 0 Å². The van der Waals surface area contributed by atoms with E-state index in [1.165, 1.54) is 29.5 Å². The molecule has 21 heavy (non-hydrogen) atoms. The molecule has 0 aliphatic heterocycles. The van der Waals surface area contributed by atoms with Crippen LogP contribution in [0.15, 0.2) is 24.3 Å². The number of ether oxygens (including phenoxy) is 1.